The van der Waals surface area contributed by atoms with Gasteiger partial charge in [-0.1, -0.05) is 40.2 Å². The van der Waals surface area contributed by atoms with E-state index in [9.17, 15) is 4.79 Å². The lowest BCUT2D eigenvalue weighted by Crippen LogP contribution is -2.30. The Hall–Kier alpha value is -2.24. The number of aromatic nitrogens is 1. The summed E-state index contributed by atoms with van der Waals surface area (Å²) in [5, 5.41) is 3.93. The first kappa shape index (κ1) is 16.6. The molecule has 0 spiro atoms. The van der Waals surface area contributed by atoms with E-state index in [4.69, 9.17) is 0 Å². The molecule has 0 aliphatic heterocycles. The topological polar surface area (TPSA) is 45.2 Å². The standard InChI is InChI=1S/C19H18BrN3O/c1-23(12-14-6-2-3-8-16(14)20)13-19(24)22-18-10-4-9-17-15(18)7-5-11-21-17/h2-11H,12-13H2,1H3,(H,22,24). The van der Waals surface area contributed by atoms with Gasteiger partial charge in [-0.3, -0.25) is 14.7 Å². The van der Waals surface area contributed by atoms with Crippen LogP contribution < -0.4 is 5.32 Å². The Morgan fingerprint density at radius 3 is 2.79 bits per heavy atom. The zero-order valence-corrected chi connectivity index (χ0v) is 15.0. The second-order valence-corrected chi connectivity index (χ2v) is 6.54. The second-order valence-electron chi connectivity index (χ2n) is 5.69. The summed E-state index contributed by atoms with van der Waals surface area (Å²) in [6.07, 6.45) is 1.75. The van der Waals surface area contributed by atoms with Crippen LogP contribution in [0.2, 0.25) is 0 Å². The molecule has 1 aromatic heterocycles. The van der Waals surface area contributed by atoms with Crippen molar-refractivity contribution in [2.75, 3.05) is 18.9 Å². The van der Waals surface area contributed by atoms with Gasteiger partial charge >= 0.3 is 0 Å². The second kappa shape index (κ2) is 7.55. The number of fused-ring (bicyclic) bond motifs is 1. The summed E-state index contributed by atoms with van der Waals surface area (Å²) in [5.74, 6) is -0.0408. The number of nitrogens with zero attached hydrogens (tertiary/aromatic N) is 2. The molecule has 0 bridgehead atoms. The molecule has 3 aromatic rings. The van der Waals surface area contributed by atoms with Crippen molar-refractivity contribution in [3.8, 4) is 0 Å². The number of nitrogens with one attached hydrogen (secondary N) is 1. The monoisotopic (exact) mass is 383 g/mol. The number of benzene rings is 2. The quantitative estimate of drug-likeness (QED) is 0.722. The number of likely N-dealkylation sites (N-methyl/N-ethyl adjacent to an activating group) is 1. The van der Waals surface area contributed by atoms with E-state index < -0.39 is 0 Å². The number of hydrogen-bond donors (Lipinski definition) is 1. The molecule has 0 saturated carbocycles. The molecule has 1 N–H and O–H groups in total. The smallest absolute Gasteiger partial charge is 0.238 e. The van der Waals surface area contributed by atoms with Gasteiger partial charge in [-0.15, -0.1) is 0 Å². The van der Waals surface area contributed by atoms with Crippen molar-refractivity contribution in [2.24, 2.45) is 0 Å². The minimum absolute atomic E-state index is 0.0408. The maximum atomic E-state index is 12.4. The van der Waals surface area contributed by atoms with Crippen LogP contribution in [0.1, 0.15) is 5.56 Å². The van der Waals surface area contributed by atoms with Crippen molar-refractivity contribution >= 4 is 38.4 Å². The fraction of sp³-hybridized carbons (Fsp3) is 0.158. The predicted octanol–water partition coefficient (Wildman–Crippen LogP) is 4.07. The number of pyridine rings is 1. The molecule has 4 nitrogen and oxygen atoms in total. The minimum Gasteiger partial charge on any atom is -0.324 e. The average molecular weight is 384 g/mol. The van der Waals surface area contributed by atoms with Crippen molar-refractivity contribution in [3.63, 3.8) is 0 Å². The molecule has 24 heavy (non-hydrogen) atoms. The van der Waals surface area contributed by atoms with Crippen LogP contribution in [0.3, 0.4) is 0 Å². The van der Waals surface area contributed by atoms with Crippen LogP contribution in [-0.2, 0) is 11.3 Å². The molecule has 1 amide bonds. The molecule has 5 heteroatoms. The van der Waals surface area contributed by atoms with Gasteiger partial charge in [0.25, 0.3) is 0 Å². The van der Waals surface area contributed by atoms with Gasteiger partial charge in [0.15, 0.2) is 0 Å². The summed E-state index contributed by atoms with van der Waals surface area (Å²) in [5.41, 5.74) is 2.82. The molecule has 122 valence electrons. The largest absolute Gasteiger partial charge is 0.324 e. The Morgan fingerprint density at radius 1 is 1.12 bits per heavy atom. The third-order valence-electron chi connectivity index (χ3n) is 3.73. The van der Waals surface area contributed by atoms with E-state index in [1.54, 1.807) is 6.20 Å². The number of halogens is 1. The van der Waals surface area contributed by atoms with E-state index in [0.717, 1.165) is 26.6 Å². The summed E-state index contributed by atoms with van der Waals surface area (Å²) in [7, 11) is 1.93. The summed E-state index contributed by atoms with van der Waals surface area (Å²) < 4.78 is 1.05. The number of rotatable bonds is 5. The molecule has 0 saturated heterocycles. The van der Waals surface area contributed by atoms with Crippen LogP contribution in [0.4, 0.5) is 5.69 Å². The van der Waals surface area contributed by atoms with E-state index in [0.29, 0.717) is 13.1 Å². The van der Waals surface area contributed by atoms with E-state index in [1.807, 2.05) is 60.5 Å². The van der Waals surface area contributed by atoms with Gasteiger partial charge in [0, 0.05) is 22.6 Å². The SMILES string of the molecule is CN(CC(=O)Nc1cccc2ncccc12)Cc1ccccc1Br. The zero-order chi connectivity index (χ0) is 16.9. The maximum absolute atomic E-state index is 12.4. The first-order chi connectivity index (χ1) is 11.6. The van der Waals surface area contributed by atoms with Gasteiger partial charge in [0.05, 0.1) is 17.7 Å². The maximum Gasteiger partial charge on any atom is 0.238 e. The Morgan fingerprint density at radius 2 is 1.96 bits per heavy atom. The lowest BCUT2D eigenvalue weighted by molar-refractivity contribution is -0.117. The van der Waals surface area contributed by atoms with Crippen LogP contribution in [0.5, 0.6) is 0 Å². The van der Waals surface area contributed by atoms with Gasteiger partial charge < -0.3 is 5.32 Å². The van der Waals surface area contributed by atoms with Crippen LogP contribution in [-0.4, -0.2) is 29.4 Å². The summed E-state index contributed by atoms with van der Waals surface area (Å²) in [4.78, 5) is 18.7. The molecule has 0 fully saturated rings. The van der Waals surface area contributed by atoms with Crippen LogP contribution in [0.15, 0.2) is 65.3 Å². The summed E-state index contributed by atoms with van der Waals surface area (Å²) in [6.45, 7) is 1.02. The Kier molecular flexibility index (Phi) is 5.23. The molecule has 2 aromatic carbocycles. The van der Waals surface area contributed by atoms with Gasteiger partial charge in [0.1, 0.15) is 0 Å². The lowest BCUT2D eigenvalue weighted by Gasteiger charge is -2.17. The molecule has 1 heterocycles. The number of hydrogen-bond acceptors (Lipinski definition) is 3. The lowest BCUT2D eigenvalue weighted by atomic mass is 10.2. The Bertz CT molecular complexity index is 861. The number of amides is 1. The van der Waals surface area contributed by atoms with E-state index >= 15 is 0 Å². The highest BCUT2D eigenvalue weighted by Crippen LogP contribution is 2.21. The third-order valence-corrected chi connectivity index (χ3v) is 4.51. The third kappa shape index (κ3) is 3.99. The van der Waals surface area contributed by atoms with E-state index in [-0.39, 0.29) is 5.91 Å². The molecule has 0 radical (unpaired) electrons. The molecule has 3 rings (SSSR count). The van der Waals surface area contributed by atoms with Crippen molar-refractivity contribution in [1.82, 2.24) is 9.88 Å². The Balaban J connectivity index is 1.66. The highest BCUT2D eigenvalue weighted by Gasteiger charge is 2.10. The first-order valence-corrected chi connectivity index (χ1v) is 8.48. The van der Waals surface area contributed by atoms with Crippen LogP contribution >= 0.6 is 15.9 Å². The van der Waals surface area contributed by atoms with E-state index in [2.05, 4.69) is 32.3 Å². The first-order valence-electron chi connectivity index (χ1n) is 7.69. The summed E-state index contributed by atoms with van der Waals surface area (Å²) in [6, 6.07) is 17.6. The van der Waals surface area contributed by atoms with E-state index in [1.165, 1.54) is 0 Å². The molecular weight excluding hydrogens is 366 g/mol. The molecular formula is C19H18BrN3O. The molecule has 0 aliphatic carbocycles. The molecule has 0 aliphatic rings. The average Bonchev–Trinajstić information content (AvgIpc) is 2.57. The summed E-state index contributed by atoms with van der Waals surface area (Å²) >= 11 is 3.54. The van der Waals surface area contributed by atoms with Gasteiger partial charge in [-0.25, -0.2) is 0 Å². The van der Waals surface area contributed by atoms with Crippen molar-refractivity contribution in [2.45, 2.75) is 6.54 Å². The van der Waals surface area contributed by atoms with Gasteiger partial charge in [0.2, 0.25) is 5.91 Å². The molecule has 0 unspecified atom stereocenters. The predicted molar refractivity (Wildman–Crippen MR) is 101 cm³/mol. The zero-order valence-electron chi connectivity index (χ0n) is 13.4. The van der Waals surface area contributed by atoms with Crippen LogP contribution in [0.25, 0.3) is 10.9 Å². The van der Waals surface area contributed by atoms with Crippen molar-refractivity contribution in [1.29, 1.82) is 0 Å². The fourth-order valence-electron chi connectivity index (χ4n) is 2.62. The number of carbonyl (C=O) groups is 1. The highest BCUT2D eigenvalue weighted by atomic mass is 79.9. The Labute approximate surface area is 149 Å². The fourth-order valence-corrected chi connectivity index (χ4v) is 3.03. The van der Waals surface area contributed by atoms with Crippen LogP contribution in [0, 0.1) is 0 Å². The number of anilines is 1. The highest BCUT2D eigenvalue weighted by molar-refractivity contribution is 9.10. The number of carbonyl (C=O) groups excluding carboxylic acids is 1. The molecule has 0 atom stereocenters. The van der Waals surface area contributed by atoms with Crippen molar-refractivity contribution < 1.29 is 4.79 Å². The van der Waals surface area contributed by atoms with Gasteiger partial charge in [-0.05, 0) is 42.9 Å². The normalized spacial score (nSPS) is 11.0. The van der Waals surface area contributed by atoms with Gasteiger partial charge in [-0.2, -0.15) is 0 Å². The minimum atomic E-state index is -0.0408. The van der Waals surface area contributed by atoms with Crippen molar-refractivity contribution in [3.05, 3.63) is 70.8 Å².